The molecule has 0 aromatic carbocycles. The van der Waals surface area contributed by atoms with Gasteiger partial charge in [0.1, 0.15) is 17.5 Å². The van der Waals surface area contributed by atoms with E-state index in [0.29, 0.717) is 0 Å². The number of unbranched alkanes of at least 4 members (excludes halogenated alkanes) is 2. The number of nitrogens with one attached hydrogen (secondary N) is 1. The van der Waals surface area contributed by atoms with E-state index in [1.54, 1.807) is 0 Å². The van der Waals surface area contributed by atoms with Crippen molar-refractivity contribution >= 4 is 11.6 Å². The maximum atomic E-state index is 4.58. The summed E-state index contributed by atoms with van der Waals surface area (Å²) in [6, 6.07) is 2.09. The zero-order valence-electron chi connectivity index (χ0n) is 13.0. The molecule has 1 saturated heterocycles. The van der Waals surface area contributed by atoms with Crippen LogP contribution < -0.4 is 10.2 Å². The molecule has 5 heteroatoms. The topological polar surface area (TPSA) is 44.3 Å². The highest BCUT2D eigenvalue weighted by Gasteiger charge is 2.16. The Bertz CT molecular complexity index is 413. The normalized spacial score (nSPS) is 16.4. The van der Waals surface area contributed by atoms with E-state index in [0.717, 1.165) is 50.2 Å². The highest BCUT2D eigenvalue weighted by Crippen LogP contribution is 2.17. The minimum absolute atomic E-state index is 0.847. The molecule has 2 rings (SSSR count). The lowest BCUT2D eigenvalue weighted by atomic mass is 10.2. The van der Waals surface area contributed by atoms with Gasteiger partial charge in [-0.1, -0.05) is 19.8 Å². The molecule has 0 unspecified atom stereocenters. The van der Waals surface area contributed by atoms with Gasteiger partial charge in [-0.3, -0.25) is 0 Å². The Morgan fingerprint density at radius 1 is 1.15 bits per heavy atom. The molecule has 0 saturated carbocycles. The van der Waals surface area contributed by atoms with Gasteiger partial charge in [-0.15, -0.1) is 0 Å². The maximum Gasteiger partial charge on any atom is 0.134 e. The molecule has 1 aromatic heterocycles. The van der Waals surface area contributed by atoms with Crippen molar-refractivity contribution in [2.24, 2.45) is 0 Å². The van der Waals surface area contributed by atoms with Crippen LogP contribution >= 0.6 is 0 Å². The van der Waals surface area contributed by atoms with Gasteiger partial charge in [0, 0.05) is 38.8 Å². The summed E-state index contributed by atoms with van der Waals surface area (Å²) < 4.78 is 0. The van der Waals surface area contributed by atoms with E-state index >= 15 is 0 Å². The molecular formula is C15H27N5. The predicted molar refractivity (Wildman–Crippen MR) is 84.5 cm³/mol. The Morgan fingerprint density at radius 3 is 2.60 bits per heavy atom. The van der Waals surface area contributed by atoms with Crippen LogP contribution in [0.4, 0.5) is 11.6 Å². The van der Waals surface area contributed by atoms with E-state index < -0.39 is 0 Å². The largest absolute Gasteiger partial charge is 0.370 e. The van der Waals surface area contributed by atoms with Crippen molar-refractivity contribution in [3.63, 3.8) is 0 Å². The number of anilines is 2. The molecule has 1 aromatic rings. The van der Waals surface area contributed by atoms with Crippen molar-refractivity contribution in [2.75, 3.05) is 50.0 Å². The van der Waals surface area contributed by atoms with Crippen molar-refractivity contribution in [2.45, 2.75) is 33.1 Å². The molecule has 1 aliphatic rings. The van der Waals surface area contributed by atoms with Gasteiger partial charge in [0.25, 0.3) is 0 Å². The molecule has 0 bridgehead atoms. The monoisotopic (exact) mass is 277 g/mol. The van der Waals surface area contributed by atoms with E-state index in [-0.39, 0.29) is 0 Å². The molecule has 20 heavy (non-hydrogen) atoms. The summed E-state index contributed by atoms with van der Waals surface area (Å²) in [6.07, 6.45) is 3.71. The lowest BCUT2D eigenvalue weighted by Crippen LogP contribution is -2.44. The summed E-state index contributed by atoms with van der Waals surface area (Å²) in [5, 5.41) is 3.42. The first-order valence-electron chi connectivity index (χ1n) is 7.72. The number of piperazine rings is 1. The molecule has 112 valence electrons. The number of rotatable bonds is 6. The Morgan fingerprint density at radius 2 is 1.90 bits per heavy atom. The van der Waals surface area contributed by atoms with Crippen LogP contribution in [0, 0.1) is 6.92 Å². The van der Waals surface area contributed by atoms with Crippen LogP contribution in [0.25, 0.3) is 0 Å². The van der Waals surface area contributed by atoms with Crippen molar-refractivity contribution < 1.29 is 0 Å². The van der Waals surface area contributed by atoms with Gasteiger partial charge in [-0.25, -0.2) is 9.97 Å². The molecule has 2 heterocycles. The van der Waals surface area contributed by atoms with Gasteiger partial charge in [0.15, 0.2) is 0 Å². The highest BCUT2D eigenvalue weighted by molar-refractivity contribution is 5.49. The quantitative estimate of drug-likeness (QED) is 0.807. The van der Waals surface area contributed by atoms with Gasteiger partial charge in [-0.05, 0) is 20.4 Å². The molecule has 5 nitrogen and oxygen atoms in total. The lowest BCUT2D eigenvalue weighted by molar-refractivity contribution is 0.312. The van der Waals surface area contributed by atoms with Gasteiger partial charge in [0.05, 0.1) is 0 Å². The summed E-state index contributed by atoms with van der Waals surface area (Å²) >= 11 is 0. The number of aromatic nitrogens is 2. The van der Waals surface area contributed by atoms with Crippen LogP contribution in [0.1, 0.15) is 32.0 Å². The predicted octanol–water partition coefficient (Wildman–Crippen LogP) is 2.14. The number of hydrogen-bond acceptors (Lipinski definition) is 5. The average Bonchev–Trinajstić information content (AvgIpc) is 2.44. The average molecular weight is 277 g/mol. The summed E-state index contributed by atoms with van der Waals surface area (Å²) in [5.74, 6) is 2.87. The van der Waals surface area contributed by atoms with Crippen molar-refractivity contribution in [3.8, 4) is 0 Å². The van der Waals surface area contributed by atoms with E-state index in [9.17, 15) is 0 Å². The van der Waals surface area contributed by atoms with E-state index in [2.05, 4.69) is 45.1 Å². The van der Waals surface area contributed by atoms with Crippen LogP contribution in [0.15, 0.2) is 6.07 Å². The molecule has 1 aliphatic heterocycles. The second-order valence-corrected chi connectivity index (χ2v) is 5.58. The second-order valence-electron chi connectivity index (χ2n) is 5.58. The van der Waals surface area contributed by atoms with Crippen LogP contribution in [0.3, 0.4) is 0 Å². The minimum atomic E-state index is 0.847. The highest BCUT2D eigenvalue weighted by atomic mass is 15.3. The van der Waals surface area contributed by atoms with E-state index in [1.165, 1.54) is 19.3 Å². The summed E-state index contributed by atoms with van der Waals surface area (Å²) in [5.41, 5.74) is 0. The first kappa shape index (κ1) is 15.0. The van der Waals surface area contributed by atoms with Crippen molar-refractivity contribution in [1.82, 2.24) is 14.9 Å². The standard InChI is InChI=1S/C15H27N5/c1-4-5-6-7-16-14-12-15(18-13(2)17-14)20-10-8-19(3)9-11-20/h12H,4-11H2,1-3H3,(H,16,17,18). The fourth-order valence-corrected chi connectivity index (χ4v) is 2.43. The van der Waals surface area contributed by atoms with Gasteiger partial charge >= 0.3 is 0 Å². The Labute approximate surface area is 122 Å². The van der Waals surface area contributed by atoms with Crippen molar-refractivity contribution in [1.29, 1.82) is 0 Å². The first-order valence-corrected chi connectivity index (χ1v) is 7.72. The Kier molecular flexibility index (Phi) is 5.59. The number of likely N-dealkylation sites (N-methyl/N-ethyl adjacent to an activating group) is 1. The zero-order valence-corrected chi connectivity index (χ0v) is 13.0. The van der Waals surface area contributed by atoms with Crippen LogP contribution in [-0.4, -0.2) is 54.6 Å². The molecule has 0 aliphatic carbocycles. The van der Waals surface area contributed by atoms with Crippen LogP contribution in [0.2, 0.25) is 0 Å². The third-order valence-corrected chi connectivity index (χ3v) is 3.74. The minimum Gasteiger partial charge on any atom is -0.370 e. The van der Waals surface area contributed by atoms with Gasteiger partial charge in [0.2, 0.25) is 0 Å². The van der Waals surface area contributed by atoms with Crippen LogP contribution in [-0.2, 0) is 0 Å². The van der Waals surface area contributed by atoms with Gasteiger partial charge < -0.3 is 15.1 Å². The molecule has 0 radical (unpaired) electrons. The van der Waals surface area contributed by atoms with Crippen LogP contribution in [0.5, 0.6) is 0 Å². The first-order chi connectivity index (χ1) is 9.69. The fourth-order valence-electron chi connectivity index (χ4n) is 2.43. The smallest absolute Gasteiger partial charge is 0.134 e. The van der Waals surface area contributed by atoms with Gasteiger partial charge in [-0.2, -0.15) is 0 Å². The maximum absolute atomic E-state index is 4.58. The molecular weight excluding hydrogens is 250 g/mol. The van der Waals surface area contributed by atoms with E-state index in [4.69, 9.17) is 0 Å². The number of aryl methyl sites for hydroxylation is 1. The summed E-state index contributed by atoms with van der Waals surface area (Å²) in [4.78, 5) is 13.8. The number of hydrogen-bond donors (Lipinski definition) is 1. The zero-order chi connectivity index (χ0) is 14.4. The molecule has 0 spiro atoms. The van der Waals surface area contributed by atoms with Crippen molar-refractivity contribution in [3.05, 3.63) is 11.9 Å². The van der Waals surface area contributed by atoms with E-state index in [1.807, 2.05) is 6.92 Å². The molecule has 1 fully saturated rings. The Balaban J connectivity index is 1.97. The molecule has 0 atom stereocenters. The molecule has 1 N–H and O–H groups in total. The third-order valence-electron chi connectivity index (χ3n) is 3.74. The molecule has 0 amide bonds. The Hall–Kier alpha value is -1.36. The summed E-state index contributed by atoms with van der Waals surface area (Å²) in [7, 11) is 2.17. The lowest BCUT2D eigenvalue weighted by Gasteiger charge is -2.33. The fraction of sp³-hybridized carbons (Fsp3) is 0.733. The number of nitrogens with zero attached hydrogens (tertiary/aromatic N) is 4. The second kappa shape index (κ2) is 7.43. The SMILES string of the molecule is CCCCCNc1cc(N2CCN(C)CC2)nc(C)n1. The summed E-state index contributed by atoms with van der Waals surface area (Å²) in [6.45, 7) is 9.47. The third kappa shape index (κ3) is 4.34.